The number of aryl methyl sites for hydroxylation is 2. The fourth-order valence-corrected chi connectivity index (χ4v) is 3.10. The molecule has 26 heavy (non-hydrogen) atoms. The molecule has 0 saturated carbocycles. The fraction of sp³-hybridized carbons (Fsp3) is 0.421. The molecule has 1 aromatic carbocycles. The molecule has 0 saturated heterocycles. The summed E-state index contributed by atoms with van der Waals surface area (Å²) in [6, 6.07) is 5.92. The summed E-state index contributed by atoms with van der Waals surface area (Å²) in [6.45, 7) is 7.11. The highest BCUT2D eigenvalue weighted by Crippen LogP contribution is 2.28. The SMILES string of the molecule is CCCc1nc(C)c2c(=O)[nH]c(-c3cc(CNC)ccc3OCC)nn12. The first-order chi connectivity index (χ1) is 12.6. The molecule has 138 valence electrons. The Bertz CT molecular complexity index is 974. The topological polar surface area (TPSA) is 84.3 Å². The van der Waals surface area contributed by atoms with E-state index in [0.29, 0.717) is 29.4 Å². The third-order valence-electron chi connectivity index (χ3n) is 4.20. The molecule has 2 heterocycles. The third-order valence-corrected chi connectivity index (χ3v) is 4.20. The zero-order chi connectivity index (χ0) is 18.7. The first kappa shape index (κ1) is 18.1. The second kappa shape index (κ2) is 7.70. The Kier molecular flexibility index (Phi) is 5.37. The van der Waals surface area contributed by atoms with Crippen molar-refractivity contribution in [2.45, 2.75) is 40.2 Å². The van der Waals surface area contributed by atoms with Gasteiger partial charge < -0.3 is 15.0 Å². The standard InChI is InChI=1S/C19H25N5O2/c1-5-7-16-21-12(3)17-19(25)22-18(23-24(16)17)14-10-13(11-20-4)8-9-15(14)26-6-2/h8-10,20H,5-7,11H2,1-4H3,(H,22,23,25). The van der Waals surface area contributed by atoms with E-state index < -0.39 is 0 Å². The molecule has 0 spiro atoms. The Morgan fingerprint density at radius 1 is 1.31 bits per heavy atom. The lowest BCUT2D eigenvalue weighted by molar-refractivity contribution is 0.341. The maximum atomic E-state index is 12.7. The Labute approximate surface area is 152 Å². The average Bonchev–Trinajstić information content (AvgIpc) is 2.93. The van der Waals surface area contributed by atoms with Crippen LogP contribution < -0.4 is 15.6 Å². The number of rotatable bonds is 7. The highest BCUT2D eigenvalue weighted by Gasteiger charge is 2.17. The molecule has 3 rings (SSSR count). The zero-order valence-corrected chi connectivity index (χ0v) is 15.7. The second-order valence-corrected chi connectivity index (χ2v) is 6.22. The molecule has 0 aliphatic heterocycles. The molecule has 0 aliphatic carbocycles. The number of nitrogens with zero attached hydrogens (tertiary/aromatic N) is 3. The van der Waals surface area contributed by atoms with Gasteiger partial charge in [-0.25, -0.2) is 9.50 Å². The van der Waals surface area contributed by atoms with E-state index in [1.54, 1.807) is 4.52 Å². The summed E-state index contributed by atoms with van der Waals surface area (Å²) in [5.74, 6) is 1.99. The largest absolute Gasteiger partial charge is 0.493 e. The summed E-state index contributed by atoms with van der Waals surface area (Å²) in [5.41, 5.74) is 2.87. The van der Waals surface area contributed by atoms with Crippen LogP contribution in [-0.4, -0.2) is 33.2 Å². The predicted molar refractivity (Wildman–Crippen MR) is 102 cm³/mol. The number of fused-ring (bicyclic) bond motifs is 1. The molecular formula is C19H25N5O2. The van der Waals surface area contributed by atoms with E-state index in [4.69, 9.17) is 4.74 Å². The van der Waals surface area contributed by atoms with Crippen LogP contribution in [0.1, 0.15) is 37.4 Å². The number of hydrogen-bond donors (Lipinski definition) is 2. The molecule has 2 aromatic heterocycles. The van der Waals surface area contributed by atoms with Crippen molar-refractivity contribution in [3.05, 3.63) is 45.6 Å². The van der Waals surface area contributed by atoms with Gasteiger partial charge in [0.25, 0.3) is 5.56 Å². The lowest BCUT2D eigenvalue weighted by Crippen LogP contribution is -2.16. The van der Waals surface area contributed by atoms with Gasteiger partial charge in [-0.2, -0.15) is 0 Å². The summed E-state index contributed by atoms with van der Waals surface area (Å²) >= 11 is 0. The van der Waals surface area contributed by atoms with Crippen molar-refractivity contribution in [1.29, 1.82) is 0 Å². The molecule has 7 heteroatoms. The monoisotopic (exact) mass is 355 g/mol. The van der Waals surface area contributed by atoms with Crippen LogP contribution in [-0.2, 0) is 13.0 Å². The van der Waals surface area contributed by atoms with Gasteiger partial charge in [-0.1, -0.05) is 13.0 Å². The van der Waals surface area contributed by atoms with E-state index in [9.17, 15) is 4.79 Å². The van der Waals surface area contributed by atoms with Gasteiger partial charge in [-0.15, -0.1) is 5.10 Å². The number of nitrogens with one attached hydrogen (secondary N) is 2. The molecule has 0 aliphatic rings. The number of hydrogen-bond acceptors (Lipinski definition) is 5. The summed E-state index contributed by atoms with van der Waals surface area (Å²) in [7, 11) is 1.90. The van der Waals surface area contributed by atoms with Crippen molar-refractivity contribution in [3.63, 3.8) is 0 Å². The van der Waals surface area contributed by atoms with Crippen molar-refractivity contribution >= 4 is 5.52 Å². The Balaban J connectivity index is 2.22. The van der Waals surface area contributed by atoms with Crippen molar-refractivity contribution < 1.29 is 4.74 Å². The summed E-state index contributed by atoms with van der Waals surface area (Å²) in [6.07, 6.45) is 1.70. The summed E-state index contributed by atoms with van der Waals surface area (Å²) in [4.78, 5) is 20.1. The molecule has 0 atom stereocenters. The highest BCUT2D eigenvalue weighted by molar-refractivity contribution is 5.66. The van der Waals surface area contributed by atoms with Gasteiger partial charge >= 0.3 is 0 Å². The van der Waals surface area contributed by atoms with E-state index >= 15 is 0 Å². The first-order valence-corrected chi connectivity index (χ1v) is 8.98. The van der Waals surface area contributed by atoms with Crippen LogP contribution in [0, 0.1) is 6.92 Å². The van der Waals surface area contributed by atoms with Crippen molar-refractivity contribution in [3.8, 4) is 17.1 Å². The molecule has 0 fully saturated rings. The van der Waals surface area contributed by atoms with Gasteiger partial charge in [-0.05, 0) is 45.0 Å². The molecule has 2 N–H and O–H groups in total. The van der Waals surface area contributed by atoms with E-state index in [-0.39, 0.29) is 5.56 Å². The zero-order valence-electron chi connectivity index (χ0n) is 15.7. The Morgan fingerprint density at radius 2 is 2.12 bits per heavy atom. The molecular weight excluding hydrogens is 330 g/mol. The van der Waals surface area contributed by atoms with E-state index in [1.165, 1.54) is 0 Å². The number of aromatic nitrogens is 4. The number of benzene rings is 1. The number of H-pyrrole nitrogens is 1. The first-order valence-electron chi connectivity index (χ1n) is 8.98. The van der Waals surface area contributed by atoms with Gasteiger partial charge in [0.05, 0.1) is 17.9 Å². The lowest BCUT2D eigenvalue weighted by Gasteiger charge is -2.12. The minimum atomic E-state index is -0.191. The van der Waals surface area contributed by atoms with Crippen LogP contribution >= 0.6 is 0 Å². The molecule has 3 aromatic rings. The Hall–Kier alpha value is -2.67. The molecule has 0 unspecified atom stereocenters. The van der Waals surface area contributed by atoms with Gasteiger partial charge in [0.15, 0.2) is 11.3 Å². The van der Waals surface area contributed by atoms with Crippen molar-refractivity contribution in [2.75, 3.05) is 13.7 Å². The summed E-state index contributed by atoms with van der Waals surface area (Å²) < 4.78 is 7.43. The molecule has 0 amide bonds. The van der Waals surface area contributed by atoms with Gasteiger partial charge in [0, 0.05) is 13.0 Å². The molecule has 0 radical (unpaired) electrons. The lowest BCUT2D eigenvalue weighted by atomic mass is 10.1. The second-order valence-electron chi connectivity index (χ2n) is 6.22. The van der Waals surface area contributed by atoms with Gasteiger partial charge in [-0.3, -0.25) is 4.79 Å². The van der Waals surface area contributed by atoms with Crippen LogP contribution in [0.3, 0.4) is 0 Å². The summed E-state index contributed by atoms with van der Waals surface area (Å²) in [5, 5.41) is 7.82. The van der Waals surface area contributed by atoms with Crippen LogP contribution in [0.5, 0.6) is 5.75 Å². The maximum Gasteiger partial charge on any atom is 0.277 e. The maximum absolute atomic E-state index is 12.7. The normalized spacial score (nSPS) is 11.2. The van der Waals surface area contributed by atoms with Crippen LogP contribution in [0.4, 0.5) is 0 Å². The minimum Gasteiger partial charge on any atom is -0.493 e. The van der Waals surface area contributed by atoms with E-state index in [1.807, 2.05) is 39.1 Å². The van der Waals surface area contributed by atoms with E-state index in [0.717, 1.165) is 36.3 Å². The predicted octanol–water partition coefficient (Wildman–Crippen LogP) is 2.46. The fourth-order valence-electron chi connectivity index (χ4n) is 3.10. The quantitative estimate of drug-likeness (QED) is 0.680. The van der Waals surface area contributed by atoms with Crippen LogP contribution in [0.2, 0.25) is 0 Å². The third kappa shape index (κ3) is 3.35. The highest BCUT2D eigenvalue weighted by atomic mass is 16.5. The smallest absolute Gasteiger partial charge is 0.277 e. The van der Waals surface area contributed by atoms with Crippen LogP contribution in [0.15, 0.2) is 23.0 Å². The number of ether oxygens (including phenoxy) is 1. The Morgan fingerprint density at radius 3 is 2.81 bits per heavy atom. The van der Waals surface area contributed by atoms with Gasteiger partial charge in [0.2, 0.25) is 0 Å². The van der Waals surface area contributed by atoms with E-state index in [2.05, 4.69) is 27.3 Å². The minimum absolute atomic E-state index is 0.191. The van der Waals surface area contributed by atoms with Crippen molar-refractivity contribution in [1.82, 2.24) is 24.9 Å². The molecule has 0 bridgehead atoms. The average molecular weight is 355 g/mol. The van der Waals surface area contributed by atoms with Crippen LogP contribution in [0.25, 0.3) is 16.9 Å². The number of imidazole rings is 1. The number of aromatic amines is 1. The van der Waals surface area contributed by atoms with Gasteiger partial charge in [0.1, 0.15) is 11.6 Å². The van der Waals surface area contributed by atoms with Crippen molar-refractivity contribution in [2.24, 2.45) is 0 Å². The molecule has 7 nitrogen and oxygen atoms in total.